The van der Waals surface area contributed by atoms with Crippen LogP contribution in [0.15, 0.2) is 88.4 Å². The highest BCUT2D eigenvalue weighted by Crippen LogP contribution is 2.33. The summed E-state index contributed by atoms with van der Waals surface area (Å²) in [5.74, 6) is -0.0122. The molecule has 212 valence electrons. The fourth-order valence-corrected chi connectivity index (χ4v) is 4.47. The largest absolute Gasteiger partial charge is 0.496 e. The van der Waals surface area contributed by atoms with Crippen molar-refractivity contribution in [3.05, 3.63) is 111 Å². The van der Waals surface area contributed by atoms with Crippen LogP contribution in [-0.2, 0) is 0 Å². The Morgan fingerprint density at radius 1 is 0.905 bits per heavy atom. The molecular formula is C30H21BrClN3O7. The van der Waals surface area contributed by atoms with E-state index in [4.69, 9.17) is 30.5 Å². The maximum absolute atomic E-state index is 12.8. The van der Waals surface area contributed by atoms with E-state index < -0.39 is 17.8 Å². The number of hydrazone groups is 1. The zero-order valence-electron chi connectivity index (χ0n) is 21.9. The van der Waals surface area contributed by atoms with E-state index in [-0.39, 0.29) is 29.2 Å². The third-order valence-corrected chi connectivity index (χ3v) is 6.67. The van der Waals surface area contributed by atoms with Gasteiger partial charge in [-0.25, -0.2) is 10.2 Å². The average Bonchev–Trinajstić information content (AvgIpc) is 3.46. The van der Waals surface area contributed by atoms with Crippen LogP contribution in [0.3, 0.4) is 0 Å². The van der Waals surface area contributed by atoms with Crippen LogP contribution in [0, 0.1) is 0 Å². The zero-order chi connectivity index (χ0) is 29.6. The van der Waals surface area contributed by atoms with Crippen LogP contribution in [0.1, 0.15) is 36.6 Å². The number of hydrogen-bond donors (Lipinski definition) is 2. The van der Waals surface area contributed by atoms with Gasteiger partial charge in [0.15, 0.2) is 11.5 Å². The van der Waals surface area contributed by atoms with Gasteiger partial charge in [0.1, 0.15) is 11.5 Å². The number of nitrogens with one attached hydrogen (secondary N) is 2. The molecule has 5 rings (SSSR count). The molecule has 0 spiro atoms. The van der Waals surface area contributed by atoms with Gasteiger partial charge >= 0.3 is 5.97 Å². The molecule has 0 saturated carbocycles. The van der Waals surface area contributed by atoms with Gasteiger partial charge in [-0.05, 0) is 72.8 Å². The van der Waals surface area contributed by atoms with Crippen molar-refractivity contribution in [3.8, 4) is 23.0 Å². The number of esters is 1. The second kappa shape index (κ2) is 12.8. The summed E-state index contributed by atoms with van der Waals surface area (Å²) in [6.07, 6.45) is 1.35. The number of nitrogens with zero attached hydrogens (tertiary/aromatic N) is 1. The van der Waals surface area contributed by atoms with E-state index in [2.05, 4.69) is 31.8 Å². The molecule has 1 aliphatic rings. The van der Waals surface area contributed by atoms with Gasteiger partial charge in [0.25, 0.3) is 11.8 Å². The van der Waals surface area contributed by atoms with Gasteiger partial charge in [-0.15, -0.1) is 0 Å². The smallest absolute Gasteiger partial charge is 0.343 e. The topological polar surface area (TPSA) is 125 Å². The first kappa shape index (κ1) is 28.7. The Kier molecular flexibility index (Phi) is 8.70. The highest BCUT2D eigenvalue weighted by Gasteiger charge is 2.19. The summed E-state index contributed by atoms with van der Waals surface area (Å²) in [5.41, 5.74) is 4.01. The van der Waals surface area contributed by atoms with E-state index in [9.17, 15) is 14.4 Å². The lowest BCUT2D eigenvalue weighted by Crippen LogP contribution is -2.18. The fourth-order valence-electron chi connectivity index (χ4n) is 3.91. The number of halogens is 2. The quantitative estimate of drug-likeness (QED) is 0.103. The maximum atomic E-state index is 12.8. The monoisotopic (exact) mass is 649 g/mol. The summed E-state index contributed by atoms with van der Waals surface area (Å²) in [5, 5.41) is 7.14. The molecule has 0 unspecified atom stereocenters. The van der Waals surface area contributed by atoms with Crippen LogP contribution in [0.2, 0.25) is 5.02 Å². The van der Waals surface area contributed by atoms with Crippen LogP contribution in [0.4, 0.5) is 5.69 Å². The second-order valence-corrected chi connectivity index (χ2v) is 10.1. The molecule has 4 aromatic rings. The van der Waals surface area contributed by atoms with Crippen molar-refractivity contribution in [1.82, 2.24) is 5.43 Å². The molecule has 0 aromatic heterocycles. The number of fused-ring (bicyclic) bond motifs is 1. The number of carbonyl (C=O) groups excluding carboxylic acids is 3. The van der Waals surface area contributed by atoms with Crippen LogP contribution < -0.4 is 29.7 Å². The second-order valence-electron chi connectivity index (χ2n) is 8.72. The predicted octanol–water partition coefficient (Wildman–Crippen LogP) is 6.08. The van der Waals surface area contributed by atoms with Crippen molar-refractivity contribution >= 4 is 57.2 Å². The minimum atomic E-state index is -0.608. The highest BCUT2D eigenvalue weighted by atomic mass is 79.9. The number of amides is 2. The Bertz CT molecular complexity index is 1730. The lowest BCUT2D eigenvalue weighted by molar-refractivity contribution is 0.0733. The van der Waals surface area contributed by atoms with Crippen molar-refractivity contribution in [2.24, 2.45) is 5.10 Å². The van der Waals surface area contributed by atoms with Crippen LogP contribution in [0.25, 0.3) is 0 Å². The summed E-state index contributed by atoms with van der Waals surface area (Å²) < 4.78 is 22.1. The van der Waals surface area contributed by atoms with Gasteiger partial charge in [-0.2, -0.15) is 5.10 Å². The van der Waals surface area contributed by atoms with Gasteiger partial charge in [0.2, 0.25) is 6.79 Å². The van der Waals surface area contributed by atoms with Gasteiger partial charge in [0, 0.05) is 26.3 Å². The Morgan fingerprint density at radius 2 is 1.71 bits per heavy atom. The first-order valence-electron chi connectivity index (χ1n) is 12.3. The molecular weight excluding hydrogens is 630 g/mol. The molecule has 0 radical (unpaired) electrons. The number of benzene rings is 4. The molecule has 10 nitrogen and oxygen atoms in total. The first-order valence-corrected chi connectivity index (χ1v) is 13.5. The number of methoxy groups -OCH3 is 1. The standard InChI is InChI=1S/C30H21BrClN3O7/c1-39-25-10-7-21(32)14-23(25)29(37)34-22-4-2-3-17(12-22)28(36)35-33-15-19-11-20(31)6-9-24(19)42-30(38)18-5-8-26-27(13-18)41-16-40-26/h2-15H,16H2,1H3,(H,34,37)(H,35,36). The highest BCUT2D eigenvalue weighted by molar-refractivity contribution is 9.10. The molecule has 12 heteroatoms. The van der Waals surface area contributed by atoms with E-state index in [1.807, 2.05) is 0 Å². The molecule has 0 bridgehead atoms. The number of rotatable bonds is 8. The minimum absolute atomic E-state index is 0.0873. The third-order valence-electron chi connectivity index (χ3n) is 5.94. The summed E-state index contributed by atoms with van der Waals surface area (Å²) in [7, 11) is 1.45. The molecule has 0 saturated heterocycles. The van der Waals surface area contributed by atoms with Crippen LogP contribution in [-0.4, -0.2) is 37.9 Å². The van der Waals surface area contributed by atoms with Gasteiger partial charge in [0.05, 0.1) is 24.5 Å². The Balaban J connectivity index is 1.25. The van der Waals surface area contributed by atoms with E-state index in [0.717, 1.165) is 0 Å². The summed E-state index contributed by atoms with van der Waals surface area (Å²) >= 11 is 9.42. The number of hydrogen-bond acceptors (Lipinski definition) is 8. The van der Waals surface area contributed by atoms with Crippen LogP contribution in [0.5, 0.6) is 23.0 Å². The Labute approximate surface area is 253 Å². The molecule has 0 aliphatic carbocycles. The lowest BCUT2D eigenvalue weighted by Gasteiger charge is -2.10. The number of ether oxygens (including phenoxy) is 4. The molecule has 42 heavy (non-hydrogen) atoms. The normalized spacial score (nSPS) is 11.7. The van der Waals surface area contributed by atoms with E-state index >= 15 is 0 Å². The van der Waals surface area contributed by atoms with Crippen molar-refractivity contribution in [2.75, 3.05) is 19.2 Å². The summed E-state index contributed by atoms with van der Waals surface area (Å²) in [6.45, 7) is 0.0873. The van der Waals surface area contributed by atoms with Crippen molar-refractivity contribution in [3.63, 3.8) is 0 Å². The first-order chi connectivity index (χ1) is 20.3. The average molecular weight is 651 g/mol. The van der Waals surface area contributed by atoms with Crippen molar-refractivity contribution in [1.29, 1.82) is 0 Å². The molecule has 2 N–H and O–H groups in total. The van der Waals surface area contributed by atoms with Crippen molar-refractivity contribution in [2.45, 2.75) is 0 Å². The molecule has 0 fully saturated rings. The van der Waals surface area contributed by atoms with E-state index in [0.29, 0.717) is 38.0 Å². The van der Waals surface area contributed by atoms with Crippen LogP contribution >= 0.6 is 27.5 Å². The predicted molar refractivity (Wildman–Crippen MR) is 159 cm³/mol. The summed E-state index contributed by atoms with van der Waals surface area (Å²) in [4.78, 5) is 38.4. The van der Waals surface area contributed by atoms with Gasteiger partial charge in [-0.3, -0.25) is 9.59 Å². The number of carbonyl (C=O) groups is 3. The molecule has 1 heterocycles. The minimum Gasteiger partial charge on any atom is -0.496 e. The molecule has 0 atom stereocenters. The third kappa shape index (κ3) is 6.70. The van der Waals surface area contributed by atoms with Gasteiger partial charge in [-0.1, -0.05) is 33.6 Å². The molecule has 2 amide bonds. The fraction of sp³-hybridized carbons (Fsp3) is 0.0667. The Morgan fingerprint density at radius 3 is 2.55 bits per heavy atom. The number of anilines is 1. The maximum Gasteiger partial charge on any atom is 0.343 e. The summed E-state index contributed by atoms with van der Waals surface area (Å²) in [6, 6.07) is 20.7. The SMILES string of the molecule is COc1ccc(Cl)cc1C(=O)Nc1cccc(C(=O)NN=Cc2cc(Br)ccc2OC(=O)c2ccc3c(c2)OCO3)c1. The Hall–Kier alpha value is -4.87. The molecule has 4 aromatic carbocycles. The molecule has 1 aliphatic heterocycles. The lowest BCUT2D eigenvalue weighted by atomic mass is 10.1. The van der Waals surface area contributed by atoms with E-state index in [1.54, 1.807) is 66.7 Å². The van der Waals surface area contributed by atoms with E-state index in [1.165, 1.54) is 25.5 Å². The van der Waals surface area contributed by atoms with Crippen molar-refractivity contribution < 1.29 is 33.3 Å². The van der Waals surface area contributed by atoms with Gasteiger partial charge < -0.3 is 24.3 Å². The zero-order valence-corrected chi connectivity index (χ0v) is 24.2.